The van der Waals surface area contributed by atoms with Crippen LogP contribution < -0.4 is 5.32 Å². The van der Waals surface area contributed by atoms with Crippen LogP contribution in [0.3, 0.4) is 0 Å². The van der Waals surface area contributed by atoms with Crippen molar-refractivity contribution in [3.8, 4) is 0 Å². The molecular formula is C22H32N2O4. The maximum atomic E-state index is 13.3. The smallest absolute Gasteiger partial charge is 0.411 e. The molecule has 0 aliphatic carbocycles. The minimum Gasteiger partial charge on any atom is -0.444 e. The Balaban J connectivity index is 2.27. The molecular weight excluding hydrogens is 356 g/mol. The molecule has 1 fully saturated rings. The van der Waals surface area contributed by atoms with Crippen LogP contribution in [0.2, 0.25) is 0 Å². The average molecular weight is 389 g/mol. The van der Waals surface area contributed by atoms with Crippen LogP contribution in [0.1, 0.15) is 58.6 Å². The first-order valence-corrected chi connectivity index (χ1v) is 9.68. The lowest BCUT2D eigenvalue weighted by molar-refractivity contribution is -0.126. The highest BCUT2D eigenvalue weighted by molar-refractivity contribution is 6.00. The summed E-state index contributed by atoms with van der Waals surface area (Å²) in [5.41, 5.74) is 0.0209. The lowest BCUT2D eigenvalue weighted by atomic mass is 9.90. The topological polar surface area (TPSA) is 67.9 Å². The van der Waals surface area contributed by atoms with Crippen molar-refractivity contribution in [2.75, 3.05) is 19.0 Å². The van der Waals surface area contributed by atoms with Gasteiger partial charge in [-0.3, -0.25) is 9.69 Å². The number of amides is 2. The first-order chi connectivity index (χ1) is 13.1. The molecule has 1 N–H and O–H groups in total. The SMILES string of the molecule is C=CC[C@@]1(C(=O)Nc2cccc([C@H](C)OC)c2)CCCN1C(=O)OC(C)(C)C. The van der Waals surface area contributed by atoms with Crippen LogP contribution in [0.4, 0.5) is 10.5 Å². The van der Waals surface area contributed by atoms with E-state index in [0.717, 1.165) is 12.0 Å². The van der Waals surface area contributed by atoms with Crippen molar-refractivity contribution in [2.45, 2.75) is 64.2 Å². The molecule has 1 saturated heterocycles. The first kappa shape index (κ1) is 22.0. The highest BCUT2D eigenvalue weighted by Crippen LogP contribution is 2.35. The van der Waals surface area contributed by atoms with Crippen molar-refractivity contribution in [3.63, 3.8) is 0 Å². The fourth-order valence-electron chi connectivity index (χ4n) is 3.49. The molecule has 0 aromatic heterocycles. The fraction of sp³-hybridized carbons (Fsp3) is 0.545. The minimum absolute atomic E-state index is 0.0799. The summed E-state index contributed by atoms with van der Waals surface area (Å²) in [6.45, 7) is 11.7. The second kappa shape index (κ2) is 8.78. The predicted molar refractivity (Wildman–Crippen MR) is 110 cm³/mol. The number of nitrogens with zero attached hydrogens (tertiary/aromatic N) is 1. The molecule has 6 nitrogen and oxygen atoms in total. The van der Waals surface area contributed by atoms with Crippen LogP contribution in [0.5, 0.6) is 0 Å². The normalized spacial score (nSPS) is 20.5. The molecule has 0 unspecified atom stereocenters. The predicted octanol–water partition coefficient (Wildman–Crippen LogP) is 4.68. The van der Waals surface area contributed by atoms with Crippen molar-refractivity contribution >= 4 is 17.7 Å². The van der Waals surface area contributed by atoms with E-state index in [9.17, 15) is 9.59 Å². The number of rotatable bonds is 6. The van der Waals surface area contributed by atoms with Crippen LogP contribution in [-0.4, -0.2) is 41.7 Å². The summed E-state index contributed by atoms with van der Waals surface area (Å²) in [5, 5.41) is 2.98. The summed E-state index contributed by atoms with van der Waals surface area (Å²) in [6.07, 6.45) is 2.81. The standard InChI is InChI=1S/C22H32N2O4/c1-7-12-22(13-9-14-24(22)20(26)28-21(3,4)5)19(25)23-18-11-8-10-17(15-18)16(2)27-6/h7-8,10-11,15-16H,1,9,12-14H2,2-6H3,(H,23,25)/t16-,22-/m0/s1. The quantitative estimate of drug-likeness (QED) is 0.719. The minimum atomic E-state index is -0.993. The monoisotopic (exact) mass is 388 g/mol. The third-order valence-electron chi connectivity index (χ3n) is 4.97. The number of hydrogen-bond acceptors (Lipinski definition) is 4. The second-order valence-electron chi connectivity index (χ2n) is 8.22. The number of nitrogens with one attached hydrogen (secondary N) is 1. The van der Waals surface area contributed by atoms with Crippen molar-refractivity contribution in [1.82, 2.24) is 4.90 Å². The molecule has 2 rings (SSSR count). The molecule has 1 aliphatic heterocycles. The van der Waals surface area contributed by atoms with Gasteiger partial charge in [0.2, 0.25) is 0 Å². The zero-order chi connectivity index (χ0) is 20.9. The number of carbonyl (C=O) groups excluding carboxylic acids is 2. The van der Waals surface area contributed by atoms with E-state index in [1.54, 1.807) is 18.1 Å². The van der Waals surface area contributed by atoms with Crippen molar-refractivity contribution in [3.05, 3.63) is 42.5 Å². The summed E-state index contributed by atoms with van der Waals surface area (Å²) >= 11 is 0. The van der Waals surface area contributed by atoms with Crippen molar-refractivity contribution in [1.29, 1.82) is 0 Å². The third-order valence-corrected chi connectivity index (χ3v) is 4.97. The highest BCUT2D eigenvalue weighted by Gasteiger charge is 2.50. The van der Waals surface area contributed by atoms with Gasteiger partial charge < -0.3 is 14.8 Å². The van der Waals surface area contributed by atoms with E-state index in [4.69, 9.17) is 9.47 Å². The van der Waals surface area contributed by atoms with E-state index in [0.29, 0.717) is 25.1 Å². The molecule has 6 heteroatoms. The summed E-state index contributed by atoms with van der Waals surface area (Å²) in [5.74, 6) is -0.224. The Bertz CT molecular complexity index is 725. The molecule has 0 radical (unpaired) electrons. The van der Waals surface area contributed by atoms with Crippen LogP contribution in [-0.2, 0) is 14.3 Å². The molecule has 0 saturated carbocycles. The van der Waals surface area contributed by atoms with Crippen LogP contribution in [0, 0.1) is 0 Å². The number of methoxy groups -OCH3 is 1. The van der Waals surface area contributed by atoms with Crippen molar-refractivity contribution in [2.24, 2.45) is 0 Å². The highest BCUT2D eigenvalue weighted by atomic mass is 16.6. The Hall–Kier alpha value is -2.34. The van der Waals surface area contributed by atoms with E-state index in [2.05, 4.69) is 11.9 Å². The Labute approximate surface area is 167 Å². The molecule has 1 aromatic carbocycles. The third kappa shape index (κ3) is 4.93. The van der Waals surface area contributed by atoms with Gasteiger partial charge in [0, 0.05) is 19.3 Å². The van der Waals surface area contributed by atoms with E-state index < -0.39 is 17.2 Å². The Morgan fingerprint density at radius 3 is 2.71 bits per heavy atom. The lowest BCUT2D eigenvalue weighted by Crippen LogP contribution is -2.56. The van der Waals surface area contributed by atoms with Crippen molar-refractivity contribution < 1.29 is 19.1 Å². The fourth-order valence-corrected chi connectivity index (χ4v) is 3.49. The number of carbonyl (C=O) groups is 2. The molecule has 1 heterocycles. The maximum absolute atomic E-state index is 13.3. The van der Waals surface area contributed by atoms with E-state index >= 15 is 0 Å². The molecule has 2 amide bonds. The van der Waals surface area contributed by atoms with Gasteiger partial charge in [0.05, 0.1) is 6.10 Å². The van der Waals surface area contributed by atoms with E-state index in [1.165, 1.54) is 0 Å². The number of ether oxygens (including phenoxy) is 2. The zero-order valence-corrected chi connectivity index (χ0v) is 17.6. The summed E-state index contributed by atoms with van der Waals surface area (Å²) in [7, 11) is 1.65. The van der Waals surface area contributed by atoms with Gasteiger partial charge in [-0.05, 0) is 64.7 Å². The van der Waals surface area contributed by atoms with Gasteiger partial charge in [0.15, 0.2) is 0 Å². The zero-order valence-electron chi connectivity index (χ0n) is 17.6. The molecule has 0 spiro atoms. The van der Waals surface area contributed by atoms with Gasteiger partial charge in [-0.15, -0.1) is 6.58 Å². The molecule has 0 bridgehead atoms. The van der Waals surface area contributed by atoms with Gasteiger partial charge >= 0.3 is 6.09 Å². The molecule has 28 heavy (non-hydrogen) atoms. The second-order valence-corrected chi connectivity index (χ2v) is 8.22. The molecule has 1 aliphatic rings. The molecule has 2 atom stereocenters. The van der Waals surface area contributed by atoms with Crippen LogP contribution in [0.15, 0.2) is 36.9 Å². The van der Waals surface area contributed by atoms with Gasteiger partial charge in [-0.2, -0.15) is 0 Å². The average Bonchev–Trinajstić information content (AvgIpc) is 3.05. The Morgan fingerprint density at radius 2 is 2.11 bits per heavy atom. The largest absolute Gasteiger partial charge is 0.444 e. The Morgan fingerprint density at radius 1 is 1.39 bits per heavy atom. The molecule has 154 valence electrons. The lowest BCUT2D eigenvalue weighted by Gasteiger charge is -2.37. The first-order valence-electron chi connectivity index (χ1n) is 9.68. The number of hydrogen-bond donors (Lipinski definition) is 1. The summed E-state index contributed by atoms with van der Waals surface area (Å²) in [4.78, 5) is 27.6. The van der Waals surface area contributed by atoms with Gasteiger partial charge in [-0.1, -0.05) is 18.2 Å². The number of anilines is 1. The Kier molecular flexibility index (Phi) is 6.88. The van der Waals surface area contributed by atoms with Gasteiger partial charge in [0.1, 0.15) is 11.1 Å². The summed E-state index contributed by atoms with van der Waals surface area (Å²) in [6, 6.07) is 7.55. The van der Waals surface area contributed by atoms with Gasteiger partial charge in [-0.25, -0.2) is 4.79 Å². The summed E-state index contributed by atoms with van der Waals surface area (Å²) < 4.78 is 10.9. The maximum Gasteiger partial charge on any atom is 0.411 e. The molecule has 1 aromatic rings. The van der Waals surface area contributed by atoms with Gasteiger partial charge in [0.25, 0.3) is 5.91 Å². The van der Waals surface area contributed by atoms with Crippen LogP contribution in [0.25, 0.3) is 0 Å². The van der Waals surface area contributed by atoms with E-state index in [-0.39, 0.29) is 12.0 Å². The van der Waals surface area contributed by atoms with Crippen LogP contribution >= 0.6 is 0 Å². The number of likely N-dealkylation sites (tertiary alicyclic amines) is 1. The number of benzene rings is 1. The van der Waals surface area contributed by atoms with E-state index in [1.807, 2.05) is 52.0 Å².